The highest BCUT2D eigenvalue weighted by Crippen LogP contribution is 2.29. The molecular weight excluding hydrogens is 518 g/mol. The minimum atomic E-state index is -2.72. The van der Waals surface area contributed by atoms with Crippen LogP contribution in [0.25, 0.3) is 0 Å². The summed E-state index contributed by atoms with van der Waals surface area (Å²) in [6, 6.07) is 19.6. The van der Waals surface area contributed by atoms with Crippen molar-refractivity contribution < 1.29 is 28.2 Å². The van der Waals surface area contributed by atoms with Crippen molar-refractivity contribution in [1.82, 2.24) is 10.6 Å². The Balaban J connectivity index is 1.56. The van der Waals surface area contributed by atoms with Crippen LogP contribution in [0.2, 0.25) is 0 Å². The molecule has 0 unspecified atom stereocenters. The van der Waals surface area contributed by atoms with E-state index >= 15 is 0 Å². The third-order valence-corrected chi connectivity index (χ3v) is 6.43. The number of ether oxygens (including phenoxy) is 1. The Morgan fingerprint density at radius 1 is 1.05 bits per heavy atom. The predicted octanol–water partition coefficient (Wildman–Crippen LogP) is 3.99. The van der Waals surface area contributed by atoms with Gasteiger partial charge in [0.05, 0.1) is 19.1 Å². The van der Waals surface area contributed by atoms with Gasteiger partial charge in [0.1, 0.15) is 17.2 Å². The summed E-state index contributed by atoms with van der Waals surface area (Å²) in [7, 11) is -2.72. The van der Waals surface area contributed by atoms with Crippen LogP contribution in [0.1, 0.15) is 49.1 Å². The molecule has 0 aliphatic rings. The van der Waals surface area contributed by atoms with Crippen LogP contribution in [0.4, 0.5) is 5.69 Å². The second-order valence-corrected chi connectivity index (χ2v) is 10.4. The smallest absolute Gasteiger partial charge is 0.316 e. The molecular formula is C29H35N3O6S. The Morgan fingerprint density at radius 2 is 1.79 bits per heavy atom. The number of aliphatic hydroxyl groups excluding tert-OH is 1. The number of β-amino-alcohol motifs (C(OH)–C–C–N with tert-alkyl or cyclic N) is 1. The summed E-state index contributed by atoms with van der Waals surface area (Å²) in [5, 5.41) is 26.7. The number of amides is 1. The second-order valence-electron chi connectivity index (χ2n) is 9.83. The number of carbonyl (C=O) groups is 1. The van der Waals surface area contributed by atoms with Gasteiger partial charge in [-0.05, 0) is 62.1 Å². The van der Waals surface area contributed by atoms with E-state index in [2.05, 4.69) is 15.0 Å². The van der Waals surface area contributed by atoms with E-state index in [1.165, 1.54) is 18.2 Å². The first-order valence-electron chi connectivity index (χ1n) is 12.7. The van der Waals surface area contributed by atoms with Crippen LogP contribution >= 0.6 is 0 Å². The number of hydrogen-bond donors (Lipinski definition) is 4. The van der Waals surface area contributed by atoms with E-state index in [1.807, 2.05) is 69.3 Å². The molecule has 0 heterocycles. The van der Waals surface area contributed by atoms with Crippen LogP contribution in [0.3, 0.4) is 0 Å². The average molecular weight is 554 g/mol. The number of nitrogens with one attached hydrogen (secondary N) is 2. The summed E-state index contributed by atoms with van der Waals surface area (Å²) in [5.41, 5.74) is 2.77. The second kappa shape index (κ2) is 13.9. The molecule has 0 aliphatic heterocycles. The van der Waals surface area contributed by atoms with E-state index in [4.69, 9.17) is 4.74 Å². The van der Waals surface area contributed by atoms with Crippen molar-refractivity contribution in [3.63, 3.8) is 0 Å². The number of phenols is 1. The minimum absolute atomic E-state index is 0.0835. The van der Waals surface area contributed by atoms with E-state index in [0.717, 1.165) is 22.4 Å². The van der Waals surface area contributed by atoms with Gasteiger partial charge in [0.2, 0.25) is 5.91 Å². The van der Waals surface area contributed by atoms with Crippen molar-refractivity contribution >= 4 is 22.1 Å². The minimum Gasteiger partial charge on any atom is -0.506 e. The zero-order valence-electron chi connectivity index (χ0n) is 22.3. The average Bonchev–Trinajstić information content (AvgIpc) is 2.88. The van der Waals surface area contributed by atoms with Crippen LogP contribution in [0.15, 0.2) is 71.1 Å². The maximum atomic E-state index is 12.6. The molecule has 1 amide bonds. The summed E-state index contributed by atoms with van der Waals surface area (Å²) < 4.78 is 30.7. The van der Waals surface area contributed by atoms with Gasteiger partial charge in [0, 0.05) is 24.2 Å². The molecule has 0 spiro atoms. The van der Waals surface area contributed by atoms with Crippen molar-refractivity contribution in [2.45, 2.75) is 51.8 Å². The fourth-order valence-electron chi connectivity index (χ4n) is 4.20. The van der Waals surface area contributed by atoms with Gasteiger partial charge < -0.3 is 25.6 Å². The zero-order chi connectivity index (χ0) is 28.4. The predicted molar refractivity (Wildman–Crippen MR) is 149 cm³/mol. The number of aromatic hydroxyl groups is 1. The maximum absolute atomic E-state index is 12.6. The number of nitrogens with zero attached hydrogens (tertiary/aromatic N) is 1. The van der Waals surface area contributed by atoms with Crippen molar-refractivity contribution in [2.24, 2.45) is 4.36 Å². The fourth-order valence-corrected chi connectivity index (χ4v) is 4.51. The number of para-hydroxylation sites is 1. The Bertz CT molecular complexity index is 1410. The van der Waals surface area contributed by atoms with Gasteiger partial charge in [-0.15, -0.1) is 4.36 Å². The third-order valence-electron chi connectivity index (χ3n) is 6.08. The van der Waals surface area contributed by atoms with Crippen LogP contribution in [-0.4, -0.2) is 43.2 Å². The first-order chi connectivity index (χ1) is 18.6. The molecule has 1 atom stereocenters. The molecule has 0 saturated heterocycles. The Kier molecular flexibility index (Phi) is 10.6. The van der Waals surface area contributed by atoms with Gasteiger partial charge in [0.25, 0.3) is 0 Å². The van der Waals surface area contributed by atoms with E-state index in [-0.39, 0.29) is 30.3 Å². The lowest BCUT2D eigenvalue weighted by molar-refractivity contribution is -0.120. The number of phenolic OH excluding ortho intramolecular Hbond substituents is 1. The Hall–Kier alpha value is -3.73. The molecule has 39 heavy (non-hydrogen) atoms. The molecule has 3 rings (SSSR count). The number of hydrogen-bond acceptors (Lipinski definition) is 8. The summed E-state index contributed by atoms with van der Waals surface area (Å²) >= 11 is 0. The number of benzene rings is 3. The van der Waals surface area contributed by atoms with Gasteiger partial charge in [-0.1, -0.05) is 48.5 Å². The number of rotatable bonds is 13. The molecule has 10 heteroatoms. The van der Waals surface area contributed by atoms with E-state index in [1.54, 1.807) is 0 Å². The summed E-state index contributed by atoms with van der Waals surface area (Å²) in [4.78, 5) is 12.6. The quantitative estimate of drug-likeness (QED) is 0.251. The van der Waals surface area contributed by atoms with Crippen LogP contribution in [0.5, 0.6) is 11.5 Å². The Labute approximate surface area is 230 Å². The molecule has 0 fully saturated rings. The Morgan fingerprint density at radius 3 is 2.54 bits per heavy atom. The third kappa shape index (κ3) is 9.51. The van der Waals surface area contributed by atoms with Crippen LogP contribution in [0, 0.1) is 0 Å². The van der Waals surface area contributed by atoms with Gasteiger partial charge in [-0.25, -0.2) is 0 Å². The standard InChI is InChI=1S/C29H35N3O6S/c1-4-38-27-11-6-5-10-23(27)18-30-28(35)15-20-8-7-9-21(14-20)17-29(2,3)31-19-26(34)22-12-13-25(33)24(16-22)32-39(36)37/h5-14,16,26,31,33-34H,4,15,17-19H2,1-3H3,(H,30,35)/t26-/m0/s1. The first-order valence-corrected chi connectivity index (χ1v) is 13.7. The molecule has 0 aliphatic carbocycles. The van der Waals surface area contributed by atoms with E-state index in [0.29, 0.717) is 25.1 Å². The van der Waals surface area contributed by atoms with Crippen molar-refractivity contribution in [3.05, 3.63) is 89.0 Å². The summed E-state index contributed by atoms with van der Waals surface area (Å²) in [6.45, 7) is 7.08. The number of carbonyl (C=O) groups excluding carboxylic acids is 1. The monoisotopic (exact) mass is 553 g/mol. The van der Waals surface area contributed by atoms with Crippen LogP contribution in [-0.2, 0) is 34.7 Å². The van der Waals surface area contributed by atoms with Crippen LogP contribution < -0.4 is 15.4 Å². The maximum Gasteiger partial charge on any atom is 0.316 e. The SMILES string of the molecule is CCOc1ccccc1CNC(=O)Cc1cccc(CC(C)(C)NC[C@H](O)c2ccc(O)c(N=S(=O)=O)c2)c1. The molecule has 9 nitrogen and oxygen atoms in total. The zero-order valence-corrected chi connectivity index (χ0v) is 23.2. The summed E-state index contributed by atoms with van der Waals surface area (Å²) in [6.07, 6.45) is -0.0521. The normalized spacial score (nSPS) is 12.0. The highest BCUT2D eigenvalue weighted by molar-refractivity contribution is 7.61. The summed E-state index contributed by atoms with van der Waals surface area (Å²) in [5.74, 6) is 0.397. The van der Waals surface area contributed by atoms with Crippen molar-refractivity contribution in [1.29, 1.82) is 0 Å². The lowest BCUT2D eigenvalue weighted by Gasteiger charge is -2.28. The van der Waals surface area contributed by atoms with Gasteiger partial charge >= 0.3 is 10.5 Å². The van der Waals surface area contributed by atoms with E-state index < -0.39 is 22.1 Å². The molecule has 0 radical (unpaired) electrons. The topological polar surface area (TPSA) is 137 Å². The molecule has 0 aromatic heterocycles. The lowest BCUT2D eigenvalue weighted by atomic mass is 9.93. The molecule has 3 aromatic carbocycles. The molecule has 3 aromatic rings. The molecule has 4 N–H and O–H groups in total. The number of aliphatic hydroxyl groups is 1. The van der Waals surface area contributed by atoms with Crippen molar-refractivity contribution in [3.8, 4) is 11.5 Å². The molecule has 208 valence electrons. The van der Waals surface area contributed by atoms with Gasteiger partial charge in [0.15, 0.2) is 0 Å². The highest BCUT2D eigenvalue weighted by Gasteiger charge is 2.21. The van der Waals surface area contributed by atoms with E-state index in [9.17, 15) is 23.4 Å². The van der Waals surface area contributed by atoms with Gasteiger partial charge in [-0.3, -0.25) is 4.79 Å². The largest absolute Gasteiger partial charge is 0.506 e. The fraction of sp³-hybridized carbons (Fsp3) is 0.345. The van der Waals surface area contributed by atoms with Crippen molar-refractivity contribution in [2.75, 3.05) is 13.2 Å². The highest BCUT2D eigenvalue weighted by atomic mass is 32.2. The first kappa shape index (κ1) is 29.8. The molecule has 0 bridgehead atoms. The molecule has 0 saturated carbocycles. The van der Waals surface area contributed by atoms with Gasteiger partial charge in [-0.2, -0.15) is 8.42 Å². The lowest BCUT2D eigenvalue weighted by Crippen LogP contribution is -2.43.